The smallest absolute Gasteiger partial charge is 0.310 e. The van der Waals surface area contributed by atoms with E-state index in [0.717, 1.165) is 5.56 Å². The van der Waals surface area contributed by atoms with Gasteiger partial charge in [0, 0.05) is 0 Å². The van der Waals surface area contributed by atoms with Crippen LogP contribution in [0.25, 0.3) is 10.9 Å². The molecule has 3 aromatic rings. The molecule has 0 amide bonds. The zero-order valence-electron chi connectivity index (χ0n) is 15.3. The summed E-state index contributed by atoms with van der Waals surface area (Å²) in [5.74, 6) is 0.988. The van der Waals surface area contributed by atoms with Crippen LogP contribution in [0.3, 0.4) is 0 Å². The van der Waals surface area contributed by atoms with Gasteiger partial charge in [-0.25, -0.2) is 4.98 Å². The van der Waals surface area contributed by atoms with E-state index in [-0.39, 0.29) is 12.0 Å². The van der Waals surface area contributed by atoms with E-state index in [0.29, 0.717) is 28.2 Å². The van der Waals surface area contributed by atoms with Crippen molar-refractivity contribution in [3.05, 3.63) is 64.2 Å². The Morgan fingerprint density at radius 3 is 2.59 bits per heavy atom. The van der Waals surface area contributed by atoms with Gasteiger partial charge < -0.3 is 19.2 Å². The second kappa shape index (κ2) is 7.90. The lowest BCUT2D eigenvalue weighted by Crippen LogP contribution is -2.18. The number of fused-ring (bicyclic) bond motifs is 1. The molecule has 7 nitrogen and oxygen atoms in total. The summed E-state index contributed by atoms with van der Waals surface area (Å²) in [6.07, 6.45) is -0.627. The molecular formula is C20H20N2O5. The Kier molecular flexibility index (Phi) is 5.40. The van der Waals surface area contributed by atoms with Crippen molar-refractivity contribution >= 4 is 16.9 Å². The maximum atomic E-state index is 12.3. The fraction of sp³-hybridized carbons (Fsp3) is 0.250. The number of nitrogens with one attached hydrogen (secondary N) is 1. The van der Waals surface area contributed by atoms with E-state index in [2.05, 4.69) is 9.97 Å². The Hall–Kier alpha value is -3.35. The van der Waals surface area contributed by atoms with Gasteiger partial charge in [0.1, 0.15) is 0 Å². The predicted octanol–water partition coefficient (Wildman–Crippen LogP) is 2.79. The predicted molar refractivity (Wildman–Crippen MR) is 100 cm³/mol. The summed E-state index contributed by atoms with van der Waals surface area (Å²) >= 11 is 0. The standard InChI is InChI=1S/C20H20N2O5/c1-12(19-21-15-7-5-4-6-14(15)20(24)22-19)27-18(23)11-13-8-9-16(25-2)17(10-13)26-3/h4-10,12H,11H2,1-3H3,(H,21,22,24)/t12-/m0/s1. The van der Waals surface area contributed by atoms with Gasteiger partial charge in [0.2, 0.25) is 0 Å². The highest BCUT2D eigenvalue weighted by Crippen LogP contribution is 2.28. The van der Waals surface area contributed by atoms with Crippen molar-refractivity contribution in [3.8, 4) is 11.5 Å². The number of para-hydroxylation sites is 1. The van der Waals surface area contributed by atoms with Crippen LogP contribution < -0.4 is 15.0 Å². The van der Waals surface area contributed by atoms with Crippen molar-refractivity contribution in [1.82, 2.24) is 9.97 Å². The van der Waals surface area contributed by atoms with Gasteiger partial charge in [-0.3, -0.25) is 9.59 Å². The van der Waals surface area contributed by atoms with Gasteiger partial charge in [0.25, 0.3) is 5.56 Å². The molecule has 0 radical (unpaired) electrons. The van der Waals surface area contributed by atoms with Crippen molar-refractivity contribution < 1.29 is 19.0 Å². The van der Waals surface area contributed by atoms with E-state index in [9.17, 15) is 9.59 Å². The molecule has 0 aliphatic carbocycles. The van der Waals surface area contributed by atoms with E-state index in [4.69, 9.17) is 14.2 Å². The fourth-order valence-corrected chi connectivity index (χ4v) is 2.75. The van der Waals surface area contributed by atoms with Crippen molar-refractivity contribution in [2.45, 2.75) is 19.4 Å². The molecule has 0 saturated carbocycles. The second-order valence-electron chi connectivity index (χ2n) is 5.97. The number of nitrogens with zero attached hydrogens (tertiary/aromatic N) is 1. The third-order valence-corrected chi connectivity index (χ3v) is 4.12. The molecule has 0 aliphatic heterocycles. The zero-order chi connectivity index (χ0) is 19.4. The molecule has 0 fully saturated rings. The van der Waals surface area contributed by atoms with Gasteiger partial charge in [-0.2, -0.15) is 0 Å². The number of hydrogen-bond acceptors (Lipinski definition) is 6. The average molecular weight is 368 g/mol. The molecule has 0 saturated heterocycles. The first-order valence-electron chi connectivity index (χ1n) is 8.41. The first-order chi connectivity index (χ1) is 13.0. The Balaban J connectivity index is 1.73. The maximum Gasteiger partial charge on any atom is 0.310 e. The molecular weight excluding hydrogens is 348 g/mol. The van der Waals surface area contributed by atoms with Crippen LogP contribution in [0.1, 0.15) is 24.4 Å². The van der Waals surface area contributed by atoms with E-state index in [1.54, 1.807) is 56.5 Å². The Morgan fingerprint density at radius 1 is 1.11 bits per heavy atom. The van der Waals surface area contributed by atoms with Crippen molar-refractivity contribution in [2.24, 2.45) is 0 Å². The number of aromatic nitrogens is 2. The number of carbonyl (C=O) groups excluding carboxylic acids is 1. The van der Waals surface area contributed by atoms with Crippen LogP contribution in [0, 0.1) is 0 Å². The lowest BCUT2D eigenvalue weighted by atomic mass is 10.1. The first kappa shape index (κ1) is 18.4. The van der Waals surface area contributed by atoms with Crippen LogP contribution in [0.2, 0.25) is 0 Å². The van der Waals surface area contributed by atoms with Crippen LogP contribution >= 0.6 is 0 Å². The number of rotatable bonds is 6. The highest BCUT2D eigenvalue weighted by Gasteiger charge is 2.16. The molecule has 2 aromatic carbocycles. The SMILES string of the molecule is COc1ccc(CC(=O)O[C@@H](C)c2nc3ccccc3c(=O)[nH]2)cc1OC. The largest absolute Gasteiger partial charge is 0.493 e. The molecule has 0 bridgehead atoms. The van der Waals surface area contributed by atoms with E-state index in [1.807, 2.05) is 0 Å². The number of carbonyl (C=O) groups is 1. The summed E-state index contributed by atoms with van der Waals surface area (Å²) < 4.78 is 15.8. The topological polar surface area (TPSA) is 90.5 Å². The molecule has 1 N–H and O–H groups in total. The molecule has 3 rings (SSSR count). The Morgan fingerprint density at radius 2 is 1.85 bits per heavy atom. The monoisotopic (exact) mass is 368 g/mol. The van der Waals surface area contributed by atoms with Crippen LogP contribution in [0.5, 0.6) is 11.5 Å². The molecule has 140 valence electrons. The molecule has 1 heterocycles. The summed E-state index contributed by atoms with van der Waals surface area (Å²) in [7, 11) is 3.08. The molecule has 0 spiro atoms. The molecule has 27 heavy (non-hydrogen) atoms. The van der Waals surface area contributed by atoms with E-state index >= 15 is 0 Å². The van der Waals surface area contributed by atoms with Gasteiger partial charge in [0.05, 0.1) is 31.5 Å². The molecule has 0 unspecified atom stereocenters. The minimum atomic E-state index is -0.685. The van der Waals surface area contributed by atoms with Crippen LogP contribution in [0.4, 0.5) is 0 Å². The minimum absolute atomic E-state index is 0.0580. The highest BCUT2D eigenvalue weighted by atomic mass is 16.5. The minimum Gasteiger partial charge on any atom is -0.493 e. The molecule has 1 atom stereocenters. The summed E-state index contributed by atoms with van der Waals surface area (Å²) in [6, 6.07) is 12.2. The summed E-state index contributed by atoms with van der Waals surface area (Å²) in [6.45, 7) is 1.67. The fourth-order valence-electron chi connectivity index (χ4n) is 2.75. The maximum absolute atomic E-state index is 12.3. The third kappa shape index (κ3) is 4.08. The van der Waals surface area contributed by atoms with Crippen molar-refractivity contribution in [1.29, 1.82) is 0 Å². The first-order valence-corrected chi connectivity index (χ1v) is 8.41. The number of aromatic amines is 1. The number of benzene rings is 2. The number of ether oxygens (including phenoxy) is 3. The van der Waals surface area contributed by atoms with E-state index in [1.165, 1.54) is 7.11 Å². The lowest BCUT2D eigenvalue weighted by Gasteiger charge is -2.14. The highest BCUT2D eigenvalue weighted by molar-refractivity contribution is 5.77. The average Bonchev–Trinajstić information content (AvgIpc) is 2.67. The van der Waals surface area contributed by atoms with E-state index < -0.39 is 12.1 Å². The van der Waals surface area contributed by atoms with Gasteiger partial charge in [-0.1, -0.05) is 18.2 Å². The third-order valence-electron chi connectivity index (χ3n) is 4.12. The van der Waals surface area contributed by atoms with Crippen LogP contribution in [0.15, 0.2) is 47.3 Å². The molecule has 0 aliphatic rings. The lowest BCUT2D eigenvalue weighted by molar-refractivity contribution is -0.148. The number of H-pyrrole nitrogens is 1. The van der Waals surface area contributed by atoms with Crippen molar-refractivity contribution in [2.75, 3.05) is 14.2 Å². The Bertz CT molecular complexity index is 1030. The summed E-state index contributed by atoms with van der Waals surface area (Å²) in [5.41, 5.74) is 1.02. The quantitative estimate of drug-likeness (QED) is 0.673. The zero-order valence-corrected chi connectivity index (χ0v) is 15.3. The summed E-state index contributed by atoms with van der Waals surface area (Å²) in [4.78, 5) is 31.5. The number of esters is 1. The normalized spacial score (nSPS) is 11.8. The van der Waals surface area contributed by atoms with Gasteiger partial charge in [-0.15, -0.1) is 0 Å². The van der Waals surface area contributed by atoms with Gasteiger partial charge in [-0.05, 0) is 36.8 Å². The summed E-state index contributed by atoms with van der Waals surface area (Å²) in [5, 5.41) is 0.491. The van der Waals surface area contributed by atoms with Crippen LogP contribution in [-0.4, -0.2) is 30.2 Å². The van der Waals surface area contributed by atoms with Crippen LogP contribution in [-0.2, 0) is 16.0 Å². The second-order valence-corrected chi connectivity index (χ2v) is 5.97. The van der Waals surface area contributed by atoms with Gasteiger partial charge >= 0.3 is 5.97 Å². The number of hydrogen-bond donors (Lipinski definition) is 1. The molecule has 1 aromatic heterocycles. The number of methoxy groups -OCH3 is 2. The van der Waals surface area contributed by atoms with Crippen molar-refractivity contribution in [3.63, 3.8) is 0 Å². The molecule has 7 heteroatoms. The Labute approximate surface area is 155 Å². The van der Waals surface area contributed by atoms with Gasteiger partial charge in [0.15, 0.2) is 23.4 Å².